The lowest BCUT2D eigenvalue weighted by Gasteiger charge is -2.19. The Morgan fingerprint density at radius 1 is 1.14 bits per heavy atom. The van der Waals surface area contributed by atoms with Crippen molar-refractivity contribution in [1.29, 1.82) is 0 Å². The Morgan fingerprint density at radius 3 is 2.69 bits per heavy atom. The summed E-state index contributed by atoms with van der Waals surface area (Å²) >= 11 is 9.04. The highest BCUT2D eigenvalue weighted by molar-refractivity contribution is 8.00. The highest BCUT2D eigenvalue weighted by Gasteiger charge is 2.21. The average Bonchev–Trinajstić information content (AvgIpc) is 3.17. The Kier molecular flexibility index (Phi) is 6.08. The first-order valence-corrected chi connectivity index (χ1v) is 10.9. The summed E-state index contributed by atoms with van der Waals surface area (Å²) in [5.74, 6) is -0.196. The Bertz CT molecular complexity index is 1140. The molecular weight excluding hydrogens is 429 g/mol. The topological polar surface area (TPSA) is 46.1 Å². The summed E-state index contributed by atoms with van der Waals surface area (Å²) in [7, 11) is 0. The Labute approximate surface area is 180 Å². The minimum absolute atomic E-state index is 0.0987. The van der Waals surface area contributed by atoms with E-state index in [9.17, 15) is 9.18 Å². The SMILES string of the molecule is O=C(CSc1ccc(F)cc1)N(Cc1cccnc1)c1nc2c(Cl)cccc2s1. The van der Waals surface area contributed by atoms with Gasteiger partial charge < -0.3 is 0 Å². The highest BCUT2D eigenvalue weighted by Crippen LogP contribution is 2.34. The van der Waals surface area contributed by atoms with E-state index in [1.807, 2.05) is 24.3 Å². The van der Waals surface area contributed by atoms with E-state index < -0.39 is 0 Å². The lowest BCUT2D eigenvalue weighted by atomic mass is 10.2. The van der Waals surface area contributed by atoms with Crippen LogP contribution in [-0.4, -0.2) is 21.6 Å². The van der Waals surface area contributed by atoms with Crippen molar-refractivity contribution in [3.8, 4) is 0 Å². The van der Waals surface area contributed by atoms with Crippen molar-refractivity contribution in [1.82, 2.24) is 9.97 Å². The normalized spacial score (nSPS) is 11.0. The lowest BCUT2D eigenvalue weighted by Crippen LogP contribution is -2.31. The minimum Gasteiger partial charge on any atom is -0.283 e. The number of benzene rings is 2. The van der Waals surface area contributed by atoms with E-state index in [0.717, 1.165) is 15.2 Å². The maximum Gasteiger partial charge on any atom is 0.239 e. The van der Waals surface area contributed by atoms with Crippen LogP contribution >= 0.6 is 34.7 Å². The van der Waals surface area contributed by atoms with Gasteiger partial charge in [-0.2, -0.15) is 0 Å². The van der Waals surface area contributed by atoms with Gasteiger partial charge in [-0.3, -0.25) is 14.7 Å². The molecule has 0 saturated carbocycles. The van der Waals surface area contributed by atoms with Crippen LogP contribution in [0, 0.1) is 5.82 Å². The highest BCUT2D eigenvalue weighted by atomic mass is 35.5. The number of para-hydroxylation sites is 1. The largest absolute Gasteiger partial charge is 0.283 e. The summed E-state index contributed by atoms with van der Waals surface area (Å²) in [5.41, 5.74) is 1.59. The molecule has 0 aliphatic carbocycles. The van der Waals surface area contributed by atoms with E-state index in [0.29, 0.717) is 22.2 Å². The fraction of sp³-hybridized carbons (Fsp3) is 0.0952. The zero-order valence-electron chi connectivity index (χ0n) is 15.1. The van der Waals surface area contributed by atoms with Gasteiger partial charge in [0, 0.05) is 17.3 Å². The first-order valence-electron chi connectivity index (χ1n) is 8.73. The Balaban J connectivity index is 1.60. The molecule has 0 aliphatic rings. The summed E-state index contributed by atoms with van der Waals surface area (Å²) in [6.45, 7) is 0.355. The van der Waals surface area contributed by atoms with Crippen molar-refractivity contribution in [2.24, 2.45) is 0 Å². The maximum absolute atomic E-state index is 13.1. The molecule has 146 valence electrons. The molecule has 0 spiro atoms. The van der Waals surface area contributed by atoms with E-state index in [1.54, 1.807) is 35.5 Å². The van der Waals surface area contributed by atoms with Crippen molar-refractivity contribution in [3.05, 3.63) is 83.4 Å². The number of pyridine rings is 1. The van der Waals surface area contributed by atoms with Crippen LogP contribution in [-0.2, 0) is 11.3 Å². The molecular formula is C21H15ClFN3OS2. The second kappa shape index (κ2) is 8.90. The van der Waals surface area contributed by atoms with E-state index in [-0.39, 0.29) is 17.5 Å². The monoisotopic (exact) mass is 443 g/mol. The smallest absolute Gasteiger partial charge is 0.239 e. The standard InChI is InChI=1S/C21H15ClFN3OS2/c22-17-4-1-5-18-20(17)25-21(29-18)26(12-14-3-2-10-24-11-14)19(27)13-28-16-8-6-15(23)7-9-16/h1-11H,12-13H2. The Hall–Kier alpha value is -2.48. The molecule has 0 unspecified atom stereocenters. The number of hydrogen-bond donors (Lipinski definition) is 0. The summed E-state index contributed by atoms with van der Waals surface area (Å²) < 4.78 is 14.0. The molecule has 0 atom stereocenters. The summed E-state index contributed by atoms with van der Waals surface area (Å²) in [6.07, 6.45) is 3.42. The number of hydrogen-bond acceptors (Lipinski definition) is 5. The van der Waals surface area contributed by atoms with Crippen molar-refractivity contribution in [2.75, 3.05) is 10.7 Å². The number of nitrogens with zero attached hydrogens (tertiary/aromatic N) is 3. The van der Waals surface area contributed by atoms with Crippen LogP contribution in [0.5, 0.6) is 0 Å². The van der Waals surface area contributed by atoms with Gasteiger partial charge in [-0.1, -0.05) is 35.1 Å². The number of anilines is 1. The van der Waals surface area contributed by atoms with Gasteiger partial charge in [-0.05, 0) is 48.0 Å². The lowest BCUT2D eigenvalue weighted by molar-refractivity contribution is -0.116. The third-order valence-corrected chi connectivity index (χ3v) is 6.48. The predicted molar refractivity (Wildman–Crippen MR) is 117 cm³/mol. The average molecular weight is 444 g/mol. The van der Waals surface area contributed by atoms with E-state index in [4.69, 9.17) is 11.6 Å². The molecule has 4 nitrogen and oxygen atoms in total. The number of rotatable bonds is 6. The molecule has 0 radical (unpaired) electrons. The quantitative estimate of drug-likeness (QED) is 0.353. The summed E-state index contributed by atoms with van der Waals surface area (Å²) in [5, 5.41) is 1.14. The molecule has 0 saturated heterocycles. The second-order valence-corrected chi connectivity index (χ2v) is 8.63. The first-order chi connectivity index (χ1) is 14.1. The number of fused-ring (bicyclic) bond motifs is 1. The van der Waals surface area contributed by atoms with Crippen LogP contribution in [0.1, 0.15) is 5.56 Å². The number of thiazole rings is 1. The summed E-state index contributed by atoms with van der Waals surface area (Å²) in [6, 6.07) is 15.4. The summed E-state index contributed by atoms with van der Waals surface area (Å²) in [4.78, 5) is 24.3. The van der Waals surface area contributed by atoms with Gasteiger partial charge in [-0.25, -0.2) is 9.37 Å². The van der Waals surface area contributed by atoms with E-state index in [2.05, 4.69) is 9.97 Å². The first kappa shape index (κ1) is 19.8. The number of amides is 1. The van der Waals surface area contributed by atoms with Gasteiger partial charge in [0.05, 0.1) is 22.0 Å². The molecule has 0 fully saturated rings. The fourth-order valence-electron chi connectivity index (χ4n) is 2.71. The molecule has 4 rings (SSSR count). The number of carbonyl (C=O) groups excluding carboxylic acids is 1. The van der Waals surface area contributed by atoms with Crippen molar-refractivity contribution >= 4 is 56.0 Å². The van der Waals surface area contributed by atoms with E-state index >= 15 is 0 Å². The molecule has 4 aromatic rings. The fourth-order valence-corrected chi connectivity index (χ4v) is 4.77. The van der Waals surface area contributed by atoms with Gasteiger partial charge in [0.1, 0.15) is 11.3 Å². The van der Waals surface area contributed by atoms with Crippen LogP contribution in [0.25, 0.3) is 10.2 Å². The van der Waals surface area contributed by atoms with Crippen molar-refractivity contribution < 1.29 is 9.18 Å². The van der Waals surface area contributed by atoms with Crippen molar-refractivity contribution in [3.63, 3.8) is 0 Å². The van der Waals surface area contributed by atoms with Gasteiger partial charge in [0.25, 0.3) is 0 Å². The van der Waals surface area contributed by atoms with E-state index in [1.165, 1.54) is 35.2 Å². The molecule has 2 aromatic carbocycles. The van der Waals surface area contributed by atoms with Gasteiger partial charge in [0.2, 0.25) is 5.91 Å². The minimum atomic E-state index is -0.301. The number of aromatic nitrogens is 2. The van der Waals surface area contributed by atoms with Crippen LogP contribution < -0.4 is 4.90 Å². The van der Waals surface area contributed by atoms with Gasteiger partial charge in [-0.15, -0.1) is 11.8 Å². The zero-order valence-corrected chi connectivity index (χ0v) is 17.5. The number of halogens is 2. The zero-order chi connectivity index (χ0) is 20.2. The molecule has 0 aliphatic heterocycles. The van der Waals surface area contributed by atoms with Crippen LogP contribution in [0.3, 0.4) is 0 Å². The molecule has 29 heavy (non-hydrogen) atoms. The number of carbonyl (C=O) groups is 1. The van der Waals surface area contributed by atoms with Crippen LogP contribution in [0.15, 0.2) is 71.9 Å². The number of thioether (sulfide) groups is 1. The van der Waals surface area contributed by atoms with Crippen LogP contribution in [0.2, 0.25) is 5.02 Å². The molecule has 0 bridgehead atoms. The molecule has 1 amide bonds. The molecule has 8 heteroatoms. The van der Waals surface area contributed by atoms with Gasteiger partial charge in [0.15, 0.2) is 5.13 Å². The third-order valence-electron chi connectivity index (χ3n) is 4.13. The Morgan fingerprint density at radius 2 is 1.97 bits per heavy atom. The molecule has 2 heterocycles. The van der Waals surface area contributed by atoms with Crippen molar-refractivity contribution in [2.45, 2.75) is 11.4 Å². The maximum atomic E-state index is 13.1. The predicted octanol–water partition coefficient (Wildman–Crippen LogP) is 5.81. The third kappa shape index (κ3) is 4.75. The van der Waals surface area contributed by atoms with Crippen LogP contribution in [0.4, 0.5) is 9.52 Å². The molecule has 0 N–H and O–H groups in total. The van der Waals surface area contributed by atoms with Gasteiger partial charge >= 0.3 is 0 Å². The second-order valence-electron chi connectivity index (χ2n) is 6.17. The molecule has 2 aromatic heterocycles.